The maximum atomic E-state index is 9.70. The third-order valence-corrected chi connectivity index (χ3v) is 4.39. The number of β-amino-alcohol motifs (C(OH)–C–C–N with tert-alkyl or cyclic N) is 1. The summed E-state index contributed by atoms with van der Waals surface area (Å²) in [5, 5.41) is 9.70. The van der Waals surface area contributed by atoms with Crippen LogP contribution >= 0.6 is 0 Å². The number of hydrogen-bond acceptors (Lipinski definition) is 4. The Labute approximate surface area is 127 Å². The van der Waals surface area contributed by atoms with E-state index in [-0.39, 0.29) is 18.3 Å². The summed E-state index contributed by atoms with van der Waals surface area (Å²) in [5.41, 5.74) is 2.67. The van der Waals surface area contributed by atoms with E-state index in [4.69, 9.17) is 4.74 Å². The Morgan fingerprint density at radius 3 is 2.52 bits per heavy atom. The molecule has 4 heteroatoms. The van der Waals surface area contributed by atoms with Crippen LogP contribution < -0.4 is 4.90 Å². The summed E-state index contributed by atoms with van der Waals surface area (Å²) < 4.78 is 5.84. The van der Waals surface area contributed by atoms with E-state index in [0.29, 0.717) is 0 Å². The van der Waals surface area contributed by atoms with Crippen molar-refractivity contribution in [1.29, 1.82) is 0 Å². The van der Waals surface area contributed by atoms with Gasteiger partial charge in [0.05, 0.1) is 18.3 Å². The number of benzene rings is 1. The first-order chi connectivity index (χ1) is 10.1. The van der Waals surface area contributed by atoms with Gasteiger partial charge in [-0.2, -0.15) is 0 Å². The second-order valence-corrected chi connectivity index (χ2v) is 6.47. The molecular formula is C17H26N2O2. The predicted molar refractivity (Wildman–Crippen MR) is 84.6 cm³/mol. The highest BCUT2D eigenvalue weighted by molar-refractivity contribution is 5.54. The first-order valence-electron chi connectivity index (χ1n) is 8.00. The predicted octanol–water partition coefficient (Wildman–Crippen LogP) is 1.87. The van der Waals surface area contributed by atoms with E-state index in [2.05, 4.69) is 47.9 Å². The molecule has 2 heterocycles. The monoisotopic (exact) mass is 290 g/mol. The number of likely N-dealkylation sites (tertiary alicyclic amines) is 1. The lowest BCUT2D eigenvalue weighted by atomic mass is 10.1. The second-order valence-electron chi connectivity index (χ2n) is 6.47. The molecular weight excluding hydrogens is 264 g/mol. The highest BCUT2D eigenvalue weighted by Crippen LogP contribution is 2.26. The molecule has 3 atom stereocenters. The van der Waals surface area contributed by atoms with Crippen molar-refractivity contribution in [3.05, 3.63) is 29.8 Å². The fraction of sp³-hybridized carbons (Fsp3) is 0.647. The van der Waals surface area contributed by atoms with E-state index in [0.717, 1.165) is 39.1 Å². The van der Waals surface area contributed by atoms with E-state index in [9.17, 15) is 5.11 Å². The van der Waals surface area contributed by atoms with Crippen molar-refractivity contribution >= 4 is 5.69 Å². The summed E-state index contributed by atoms with van der Waals surface area (Å²) in [4.78, 5) is 4.79. The number of aliphatic hydroxyl groups excluding tert-OH is 1. The normalized spacial score (nSPS) is 30.8. The number of ether oxygens (including phenoxy) is 1. The van der Waals surface area contributed by atoms with Crippen LogP contribution in [0.25, 0.3) is 0 Å². The number of morpholine rings is 1. The van der Waals surface area contributed by atoms with E-state index in [1.807, 2.05) is 0 Å². The van der Waals surface area contributed by atoms with Crippen LogP contribution in [-0.4, -0.2) is 54.5 Å². The van der Waals surface area contributed by atoms with Gasteiger partial charge in [-0.1, -0.05) is 18.2 Å². The Morgan fingerprint density at radius 2 is 1.86 bits per heavy atom. The highest BCUT2D eigenvalue weighted by Gasteiger charge is 2.25. The van der Waals surface area contributed by atoms with Crippen LogP contribution in [0.15, 0.2) is 24.3 Å². The van der Waals surface area contributed by atoms with Crippen LogP contribution in [0.1, 0.15) is 25.8 Å². The standard InChI is InChI=1S/C17H26N2O2/c1-13-9-19(10-14(2)21-13)17-6-4-3-5-15(17)11-18-8-7-16(20)12-18/h3-6,13-14,16,20H,7-12H2,1-2H3/t13?,14?,16-/m1/s1. The van der Waals surface area contributed by atoms with Gasteiger partial charge in [0.2, 0.25) is 0 Å². The fourth-order valence-corrected chi connectivity index (χ4v) is 3.52. The molecule has 1 aromatic carbocycles. The lowest BCUT2D eigenvalue weighted by Crippen LogP contribution is -2.46. The number of para-hydroxylation sites is 1. The van der Waals surface area contributed by atoms with E-state index < -0.39 is 0 Å². The number of anilines is 1. The van der Waals surface area contributed by atoms with Gasteiger partial charge in [0.15, 0.2) is 0 Å². The van der Waals surface area contributed by atoms with Gasteiger partial charge in [-0.05, 0) is 31.9 Å². The van der Waals surface area contributed by atoms with Crippen molar-refractivity contribution in [3.63, 3.8) is 0 Å². The number of rotatable bonds is 3. The molecule has 1 aromatic rings. The van der Waals surface area contributed by atoms with Crippen LogP contribution in [-0.2, 0) is 11.3 Å². The molecule has 2 saturated heterocycles. The van der Waals surface area contributed by atoms with Gasteiger partial charge in [-0.3, -0.25) is 4.90 Å². The first-order valence-corrected chi connectivity index (χ1v) is 8.00. The van der Waals surface area contributed by atoms with Crippen LogP contribution in [0.2, 0.25) is 0 Å². The molecule has 0 aromatic heterocycles. The highest BCUT2D eigenvalue weighted by atomic mass is 16.5. The zero-order valence-corrected chi connectivity index (χ0v) is 13.0. The van der Waals surface area contributed by atoms with Crippen molar-refractivity contribution in [2.45, 2.75) is 45.1 Å². The summed E-state index contributed by atoms with van der Waals surface area (Å²) >= 11 is 0. The molecule has 21 heavy (non-hydrogen) atoms. The average molecular weight is 290 g/mol. The quantitative estimate of drug-likeness (QED) is 0.922. The van der Waals surface area contributed by atoms with Crippen molar-refractivity contribution in [2.75, 3.05) is 31.1 Å². The lowest BCUT2D eigenvalue weighted by Gasteiger charge is -2.38. The Balaban J connectivity index is 1.75. The number of hydrogen-bond donors (Lipinski definition) is 1. The largest absolute Gasteiger partial charge is 0.392 e. The van der Waals surface area contributed by atoms with Crippen LogP contribution in [0.5, 0.6) is 0 Å². The molecule has 2 aliphatic rings. The zero-order chi connectivity index (χ0) is 14.8. The summed E-state index contributed by atoms with van der Waals surface area (Å²) in [6.07, 6.45) is 1.29. The molecule has 0 saturated carbocycles. The van der Waals surface area contributed by atoms with Gasteiger partial charge >= 0.3 is 0 Å². The SMILES string of the molecule is CC1CN(c2ccccc2CN2CC[C@@H](O)C2)CC(C)O1. The summed E-state index contributed by atoms with van der Waals surface area (Å²) in [7, 11) is 0. The third kappa shape index (κ3) is 3.57. The van der Waals surface area contributed by atoms with E-state index in [1.54, 1.807) is 0 Å². The minimum absolute atomic E-state index is 0.152. The molecule has 2 fully saturated rings. The molecule has 0 amide bonds. The van der Waals surface area contributed by atoms with Gasteiger partial charge in [-0.15, -0.1) is 0 Å². The first kappa shape index (κ1) is 14.8. The molecule has 3 rings (SSSR count). The molecule has 0 radical (unpaired) electrons. The van der Waals surface area contributed by atoms with Crippen molar-refractivity contribution in [3.8, 4) is 0 Å². The van der Waals surface area contributed by atoms with Crippen LogP contribution in [0.3, 0.4) is 0 Å². The van der Waals surface area contributed by atoms with Gasteiger partial charge in [0, 0.05) is 38.4 Å². The summed E-state index contributed by atoms with van der Waals surface area (Å²) in [5.74, 6) is 0. The molecule has 2 aliphatic heterocycles. The van der Waals surface area contributed by atoms with E-state index in [1.165, 1.54) is 11.3 Å². The summed E-state index contributed by atoms with van der Waals surface area (Å²) in [6, 6.07) is 8.65. The maximum absolute atomic E-state index is 9.70. The van der Waals surface area contributed by atoms with Gasteiger partial charge in [-0.25, -0.2) is 0 Å². The topological polar surface area (TPSA) is 35.9 Å². The van der Waals surface area contributed by atoms with Gasteiger partial charge in [0.25, 0.3) is 0 Å². The molecule has 0 bridgehead atoms. The van der Waals surface area contributed by atoms with E-state index >= 15 is 0 Å². The second kappa shape index (κ2) is 6.34. The van der Waals surface area contributed by atoms with Crippen molar-refractivity contribution in [2.24, 2.45) is 0 Å². The number of aliphatic hydroxyl groups is 1. The number of nitrogens with zero attached hydrogens (tertiary/aromatic N) is 2. The molecule has 0 aliphatic carbocycles. The molecule has 0 spiro atoms. The zero-order valence-electron chi connectivity index (χ0n) is 13.0. The Bertz CT molecular complexity index is 470. The van der Waals surface area contributed by atoms with Crippen LogP contribution in [0, 0.1) is 0 Å². The summed E-state index contributed by atoms with van der Waals surface area (Å²) in [6.45, 7) is 8.89. The average Bonchev–Trinajstić information content (AvgIpc) is 2.83. The lowest BCUT2D eigenvalue weighted by molar-refractivity contribution is -0.00528. The van der Waals surface area contributed by atoms with Crippen molar-refractivity contribution < 1.29 is 9.84 Å². The third-order valence-electron chi connectivity index (χ3n) is 4.39. The molecule has 116 valence electrons. The minimum atomic E-state index is -0.152. The Kier molecular flexibility index (Phi) is 4.48. The smallest absolute Gasteiger partial charge is 0.0726 e. The Hall–Kier alpha value is -1.10. The molecule has 4 nitrogen and oxygen atoms in total. The maximum Gasteiger partial charge on any atom is 0.0726 e. The fourth-order valence-electron chi connectivity index (χ4n) is 3.52. The minimum Gasteiger partial charge on any atom is -0.392 e. The van der Waals surface area contributed by atoms with Gasteiger partial charge < -0.3 is 14.7 Å². The van der Waals surface area contributed by atoms with Crippen LogP contribution in [0.4, 0.5) is 5.69 Å². The van der Waals surface area contributed by atoms with Crippen molar-refractivity contribution in [1.82, 2.24) is 4.90 Å². The molecule has 2 unspecified atom stereocenters. The Morgan fingerprint density at radius 1 is 1.14 bits per heavy atom. The van der Waals surface area contributed by atoms with Gasteiger partial charge in [0.1, 0.15) is 0 Å². The molecule has 1 N–H and O–H groups in total.